The molecule has 0 spiro atoms. The molecule has 1 heterocycles. The first-order valence-corrected chi connectivity index (χ1v) is 7.94. The zero-order valence-electron chi connectivity index (χ0n) is 12.3. The molecule has 1 aromatic rings. The van der Waals surface area contributed by atoms with Crippen LogP contribution in [-0.4, -0.2) is 31.1 Å². The number of ether oxygens (including phenoxy) is 1. The third-order valence-electron chi connectivity index (χ3n) is 3.88. The predicted octanol–water partition coefficient (Wildman–Crippen LogP) is 3.30. The lowest BCUT2D eigenvalue weighted by atomic mass is 10.1. The van der Waals surface area contributed by atoms with Crippen LogP contribution >= 0.6 is 11.6 Å². The second kappa shape index (κ2) is 7.87. The Hall–Kier alpha value is -0.770. The van der Waals surface area contributed by atoms with E-state index in [4.69, 9.17) is 22.1 Å². The molecule has 2 N–H and O–H groups in total. The average Bonchev–Trinajstić information content (AvgIpc) is 2.89. The highest BCUT2D eigenvalue weighted by atomic mass is 35.5. The number of unbranched alkanes of at least 4 members (excludes halogenated alkanes) is 1. The Bertz CT molecular complexity index is 425. The summed E-state index contributed by atoms with van der Waals surface area (Å²) < 4.78 is 5.89. The van der Waals surface area contributed by atoms with Gasteiger partial charge in [-0.05, 0) is 50.0 Å². The van der Waals surface area contributed by atoms with Crippen LogP contribution in [0, 0.1) is 5.92 Å². The molecule has 0 aliphatic carbocycles. The van der Waals surface area contributed by atoms with Crippen LogP contribution in [0.15, 0.2) is 18.2 Å². The van der Waals surface area contributed by atoms with Gasteiger partial charge in [-0.3, -0.25) is 4.90 Å². The maximum atomic E-state index is 6.13. The molecule has 0 unspecified atom stereocenters. The van der Waals surface area contributed by atoms with Crippen molar-refractivity contribution in [3.63, 3.8) is 0 Å². The highest BCUT2D eigenvalue weighted by Crippen LogP contribution is 2.26. The number of nitrogens with zero attached hydrogens (tertiary/aromatic N) is 1. The quantitative estimate of drug-likeness (QED) is 0.785. The number of nitrogens with two attached hydrogens (primary N) is 1. The largest absolute Gasteiger partial charge is 0.493 e. The normalized spacial score (nSPS) is 19.4. The van der Waals surface area contributed by atoms with E-state index in [2.05, 4.69) is 11.8 Å². The van der Waals surface area contributed by atoms with Gasteiger partial charge in [-0.25, -0.2) is 0 Å². The Morgan fingerprint density at radius 2 is 2.30 bits per heavy atom. The number of halogens is 1. The summed E-state index contributed by atoms with van der Waals surface area (Å²) >= 11 is 6.13. The van der Waals surface area contributed by atoms with Crippen LogP contribution in [0.2, 0.25) is 5.02 Å². The molecule has 112 valence electrons. The highest BCUT2D eigenvalue weighted by Gasteiger charge is 2.22. The van der Waals surface area contributed by atoms with Crippen LogP contribution in [-0.2, 0) is 6.54 Å². The number of likely N-dealkylation sites (tertiary alicyclic amines) is 1. The minimum atomic E-state index is 0.638. The molecule has 1 atom stereocenters. The molecule has 1 aromatic carbocycles. The van der Waals surface area contributed by atoms with Crippen LogP contribution in [0.4, 0.5) is 0 Å². The summed E-state index contributed by atoms with van der Waals surface area (Å²) in [4.78, 5) is 2.44. The van der Waals surface area contributed by atoms with Gasteiger partial charge in [0.1, 0.15) is 5.75 Å². The maximum Gasteiger partial charge on any atom is 0.123 e. The van der Waals surface area contributed by atoms with Crippen molar-refractivity contribution in [2.24, 2.45) is 11.7 Å². The number of hydrogen-bond acceptors (Lipinski definition) is 3. The van der Waals surface area contributed by atoms with Crippen molar-refractivity contribution < 1.29 is 4.74 Å². The van der Waals surface area contributed by atoms with E-state index in [0.717, 1.165) is 56.4 Å². The van der Waals surface area contributed by atoms with E-state index in [1.165, 1.54) is 12.0 Å². The smallest absolute Gasteiger partial charge is 0.123 e. The highest BCUT2D eigenvalue weighted by molar-refractivity contribution is 6.30. The molecular weight excluding hydrogens is 272 g/mol. The first-order valence-electron chi connectivity index (χ1n) is 7.56. The number of hydrogen-bond donors (Lipinski definition) is 1. The Kier molecular flexibility index (Phi) is 6.14. The third kappa shape index (κ3) is 4.37. The summed E-state index contributed by atoms with van der Waals surface area (Å²) in [7, 11) is 0. The number of benzene rings is 1. The summed E-state index contributed by atoms with van der Waals surface area (Å²) in [5, 5.41) is 0.775. The molecule has 1 aliphatic heterocycles. The fourth-order valence-corrected chi connectivity index (χ4v) is 2.82. The number of rotatable bonds is 7. The van der Waals surface area contributed by atoms with Crippen molar-refractivity contribution >= 4 is 11.6 Å². The molecule has 0 saturated carbocycles. The van der Waals surface area contributed by atoms with Crippen LogP contribution < -0.4 is 10.5 Å². The molecule has 3 nitrogen and oxygen atoms in total. The zero-order chi connectivity index (χ0) is 14.4. The summed E-state index contributed by atoms with van der Waals surface area (Å²) in [5.74, 6) is 1.61. The van der Waals surface area contributed by atoms with E-state index in [1.807, 2.05) is 18.2 Å². The molecule has 4 heteroatoms. The Morgan fingerprint density at radius 3 is 3.00 bits per heavy atom. The Labute approximate surface area is 127 Å². The monoisotopic (exact) mass is 296 g/mol. The molecule has 0 bridgehead atoms. The van der Waals surface area contributed by atoms with Gasteiger partial charge in [-0.15, -0.1) is 0 Å². The van der Waals surface area contributed by atoms with Gasteiger partial charge in [0.2, 0.25) is 0 Å². The van der Waals surface area contributed by atoms with Gasteiger partial charge in [0.15, 0.2) is 0 Å². The summed E-state index contributed by atoms with van der Waals surface area (Å²) in [6, 6.07) is 5.92. The average molecular weight is 297 g/mol. The van der Waals surface area contributed by atoms with Crippen LogP contribution in [0.1, 0.15) is 31.7 Å². The first-order chi connectivity index (χ1) is 9.72. The second-order valence-electron chi connectivity index (χ2n) is 5.58. The van der Waals surface area contributed by atoms with Crippen molar-refractivity contribution in [2.45, 2.75) is 32.7 Å². The van der Waals surface area contributed by atoms with Gasteiger partial charge in [0.25, 0.3) is 0 Å². The van der Waals surface area contributed by atoms with Crippen LogP contribution in [0.3, 0.4) is 0 Å². The molecule has 0 amide bonds. The molecule has 0 aromatic heterocycles. The standard InChI is InChI=1S/C16H25ClN2O/c1-2-3-8-20-16-5-4-15(17)9-14(16)12-19-7-6-13(10-18)11-19/h4-5,9,13H,2-3,6-8,10-12,18H2,1H3/t13-/m0/s1. The summed E-state index contributed by atoms with van der Waals surface area (Å²) in [5.41, 5.74) is 6.94. The SMILES string of the molecule is CCCCOc1ccc(Cl)cc1CN1CC[C@@H](CN)C1. The molecule has 1 aliphatic rings. The van der Waals surface area contributed by atoms with E-state index in [0.29, 0.717) is 5.92 Å². The summed E-state index contributed by atoms with van der Waals surface area (Å²) in [6.07, 6.45) is 3.43. The van der Waals surface area contributed by atoms with Crippen LogP contribution in [0.25, 0.3) is 0 Å². The van der Waals surface area contributed by atoms with E-state index >= 15 is 0 Å². The maximum absolute atomic E-state index is 6.13. The predicted molar refractivity (Wildman–Crippen MR) is 84.3 cm³/mol. The fourth-order valence-electron chi connectivity index (χ4n) is 2.63. The van der Waals surface area contributed by atoms with Gasteiger partial charge >= 0.3 is 0 Å². The molecule has 20 heavy (non-hydrogen) atoms. The lowest BCUT2D eigenvalue weighted by molar-refractivity contribution is 0.285. The van der Waals surface area contributed by atoms with Crippen molar-refractivity contribution in [2.75, 3.05) is 26.2 Å². The second-order valence-corrected chi connectivity index (χ2v) is 6.02. The zero-order valence-corrected chi connectivity index (χ0v) is 13.0. The van der Waals surface area contributed by atoms with Crippen LogP contribution in [0.5, 0.6) is 5.75 Å². The Morgan fingerprint density at radius 1 is 1.45 bits per heavy atom. The first kappa shape index (κ1) is 15.6. The minimum Gasteiger partial charge on any atom is -0.493 e. The van der Waals surface area contributed by atoms with E-state index in [-0.39, 0.29) is 0 Å². The van der Waals surface area contributed by atoms with Gasteiger partial charge in [-0.2, -0.15) is 0 Å². The van der Waals surface area contributed by atoms with E-state index in [9.17, 15) is 0 Å². The lowest BCUT2D eigenvalue weighted by Gasteiger charge is -2.18. The van der Waals surface area contributed by atoms with Gasteiger partial charge in [-0.1, -0.05) is 24.9 Å². The molecule has 1 fully saturated rings. The topological polar surface area (TPSA) is 38.5 Å². The third-order valence-corrected chi connectivity index (χ3v) is 4.11. The summed E-state index contributed by atoms with van der Waals surface area (Å²) in [6.45, 7) is 6.82. The van der Waals surface area contributed by atoms with E-state index in [1.54, 1.807) is 0 Å². The molecule has 1 saturated heterocycles. The lowest BCUT2D eigenvalue weighted by Crippen LogP contribution is -2.23. The van der Waals surface area contributed by atoms with E-state index < -0.39 is 0 Å². The van der Waals surface area contributed by atoms with Gasteiger partial charge in [0.05, 0.1) is 6.61 Å². The van der Waals surface area contributed by atoms with Crippen molar-refractivity contribution in [1.29, 1.82) is 0 Å². The minimum absolute atomic E-state index is 0.638. The van der Waals surface area contributed by atoms with Gasteiger partial charge in [0, 0.05) is 23.7 Å². The van der Waals surface area contributed by atoms with Crippen molar-refractivity contribution in [3.8, 4) is 5.75 Å². The van der Waals surface area contributed by atoms with Gasteiger partial charge < -0.3 is 10.5 Å². The molecule has 2 rings (SSSR count). The molecular formula is C16H25ClN2O. The van der Waals surface area contributed by atoms with Crippen molar-refractivity contribution in [1.82, 2.24) is 4.90 Å². The van der Waals surface area contributed by atoms with Crippen molar-refractivity contribution in [3.05, 3.63) is 28.8 Å². The fraction of sp³-hybridized carbons (Fsp3) is 0.625. The Balaban J connectivity index is 1.99. The molecule has 0 radical (unpaired) electrons.